The maximum atomic E-state index is 12.7. The third-order valence-electron chi connectivity index (χ3n) is 5.36. The minimum Gasteiger partial charge on any atom is -0.493 e. The van der Waals surface area contributed by atoms with Gasteiger partial charge in [-0.2, -0.15) is 0 Å². The Kier molecular flexibility index (Phi) is 6.65. The quantitative estimate of drug-likeness (QED) is 0.550. The lowest BCUT2D eigenvalue weighted by Gasteiger charge is -2.40. The highest BCUT2D eigenvalue weighted by Gasteiger charge is 2.27. The normalized spacial score (nSPS) is 16.2. The fourth-order valence-electron chi connectivity index (χ4n) is 3.69. The summed E-state index contributed by atoms with van der Waals surface area (Å²) in [6, 6.07) is 19.1. The predicted octanol–water partition coefficient (Wildman–Crippen LogP) is 4.03. The number of rotatable bonds is 6. The summed E-state index contributed by atoms with van der Waals surface area (Å²) in [5.74, 6) is 2.45. The standard InChI is InChI=1S/C25H26N4O3/c1-19-17-28(14-15-29(19)25(30)13-12-20-8-4-3-5-9-20)23-16-24(27-18-26-23)32-22-11-7-6-10-21(22)31-2/h3-13,16,18-19H,14-15,17H2,1-2H3/b13-12+/t19-/m0/s1. The molecule has 32 heavy (non-hydrogen) atoms. The second-order valence-corrected chi connectivity index (χ2v) is 7.54. The highest BCUT2D eigenvalue weighted by molar-refractivity contribution is 5.92. The average Bonchev–Trinajstić information content (AvgIpc) is 2.83. The van der Waals surface area contributed by atoms with Gasteiger partial charge in [-0.05, 0) is 30.7 Å². The molecule has 1 saturated heterocycles. The van der Waals surface area contributed by atoms with E-state index in [1.54, 1.807) is 13.2 Å². The van der Waals surface area contributed by atoms with Crippen LogP contribution in [-0.2, 0) is 4.79 Å². The van der Waals surface area contributed by atoms with Gasteiger partial charge in [0.05, 0.1) is 7.11 Å². The van der Waals surface area contributed by atoms with Crippen LogP contribution in [0.3, 0.4) is 0 Å². The molecule has 0 saturated carbocycles. The summed E-state index contributed by atoms with van der Waals surface area (Å²) in [6.45, 7) is 4.02. The van der Waals surface area contributed by atoms with Crippen molar-refractivity contribution in [3.05, 3.63) is 78.6 Å². The smallest absolute Gasteiger partial charge is 0.246 e. The molecule has 0 unspecified atom stereocenters. The molecule has 0 aliphatic carbocycles. The van der Waals surface area contributed by atoms with Crippen molar-refractivity contribution in [1.82, 2.24) is 14.9 Å². The Bertz CT molecular complexity index is 1090. The van der Waals surface area contributed by atoms with Crippen LogP contribution in [0.1, 0.15) is 12.5 Å². The Morgan fingerprint density at radius 3 is 2.53 bits per heavy atom. The van der Waals surface area contributed by atoms with Gasteiger partial charge >= 0.3 is 0 Å². The van der Waals surface area contributed by atoms with E-state index in [1.807, 2.05) is 78.6 Å². The zero-order valence-corrected chi connectivity index (χ0v) is 18.2. The first-order valence-electron chi connectivity index (χ1n) is 10.6. The van der Waals surface area contributed by atoms with Gasteiger partial charge in [-0.25, -0.2) is 9.97 Å². The summed E-state index contributed by atoms with van der Waals surface area (Å²) in [4.78, 5) is 25.4. The number of aromatic nitrogens is 2. The first-order chi connectivity index (χ1) is 15.6. The molecule has 3 aromatic rings. The summed E-state index contributed by atoms with van der Waals surface area (Å²) < 4.78 is 11.3. The number of carbonyl (C=O) groups excluding carboxylic acids is 1. The fourth-order valence-corrected chi connectivity index (χ4v) is 3.69. The van der Waals surface area contributed by atoms with E-state index in [4.69, 9.17) is 9.47 Å². The van der Waals surface area contributed by atoms with Crippen LogP contribution < -0.4 is 14.4 Å². The molecule has 0 N–H and O–H groups in total. The van der Waals surface area contributed by atoms with Crippen LogP contribution in [-0.4, -0.2) is 53.6 Å². The van der Waals surface area contributed by atoms with Gasteiger partial charge in [0, 0.05) is 37.8 Å². The van der Waals surface area contributed by atoms with Crippen LogP contribution in [0, 0.1) is 0 Å². The number of nitrogens with zero attached hydrogens (tertiary/aromatic N) is 4. The van der Waals surface area contributed by atoms with Crippen molar-refractivity contribution in [2.75, 3.05) is 31.6 Å². The predicted molar refractivity (Wildman–Crippen MR) is 124 cm³/mol. The van der Waals surface area contributed by atoms with E-state index >= 15 is 0 Å². The Labute approximate surface area is 187 Å². The molecule has 1 amide bonds. The van der Waals surface area contributed by atoms with E-state index in [0.29, 0.717) is 37.0 Å². The topological polar surface area (TPSA) is 67.8 Å². The van der Waals surface area contributed by atoms with Crippen molar-refractivity contribution in [1.29, 1.82) is 0 Å². The number of hydrogen-bond acceptors (Lipinski definition) is 6. The van der Waals surface area contributed by atoms with Crippen molar-refractivity contribution in [2.24, 2.45) is 0 Å². The van der Waals surface area contributed by atoms with Gasteiger partial charge in [0.25, 0.3) is 0 Å². The van der Waals surface area contributed by atoms with Gasteiger partial charge in [0.2, 0.25) is 11.8 Å². The lowest BCUT2D eigenvalue weighted by atomic mass is 10.1. The maximum Gasteiger partial charge on any atom is 0.246 e. The molecule has 2 heterocycles. The summed E-state index contributed by atoms with van der Waals surface area (Å²) in [6.07, 6.45) is 4.99. The van der Waals surface area contributed by atoms with Gasteiger partial charge in [-0.3, -0.25) is 4.79 Å². The van der Waals surface area contributed by atoms with E-state index in [-0.39, 0.29) is 11.9 Å². The Morgan fingerprint density at radius 1 is 1.03 bits per heavy atom. The number of hydrogen-bond donors (Lipinski definition) is 0. The van der Waals surface area contributed by atoms with Gasteiger partial charge in [-0.1, -0.05) is 42.5 Å². The van der Waals surface area contributed by atoms with Crippen LogP contribution in [0.25, 0.3) is 6.08 Å². The molecule has 0 radical (unpaired) electrons. The number of piperazine rings is 1. The minimum absolute atomic E-state index is 0.0175. The second kappa shape index (κ2) is 9.96. The molecule has 4 rings (SSSR count). The number of amides is 1. The van der Waals surface area contributed by atoms with Gasteiger partial charge in [-0.15, -0.1) is 0 Å². The Balaban J connectivity index is 1.40. The van der Waals surface area contributed by atoms with Crippen molar-refractivity contribution in [2.45, 2.75) is 13.0 Å². The van der Waals surface area contributed by atoms with Crippen molar-refractivity contribution in [3.63, 3.8) is 0 Å². The summed E-state index contributed by atoms with van der Waals surface area (Å²) >= 11 is 0. The largest absolute Gasteiger partial charge is 0.493 e. The molecule has 1 aromatic heterocycles. The van der Waals surface area contributed by atoms with Crippen molar-refractivity contribution >= 4 is 17.8 Å². The van der Waals surface area contributed by atoms with Gasteiger partial charge in [0.15, 0.2) is 11.5 Å². The summed E-state index contributed by atoms with van der Waals surface area (Å²) in [7, 11) is 1.60. The molecule has 0 spiro atoms. The SMILES string of the molecule is COc1ccccc1Oc1cc(N2CCN(C(=O)/C=C/c3ccccc3)[C@@H](C)C2)ncn1. The fraction of sp³-hybridized carbons (Fsp3) is 0.240. The molecular formula is C25H26N4O3. The lowest BCUT2D eigenvalue weighted by Crippen LogP contribution is -2.54. The molecule has 1 aliphatic heterocycles. The van der Waals surface area contributed by atoms with Crippen LogP contribution in [0.15, 0.2) is 73.1 Å². The van der Waals surface area contributed by atoms with E-state index in [0.717, 1.165) is 11.4 Å². The number of ether oxygens (including phenoxy) is 2. The number of para-hydroxylation sites is 2. The lowest BCUT2D eigenvalue weighted by molar-refractivity contribution is -0.128. The van der Waals surface area contributed by atoms with Crippen molar-refractivity contribution < 1.29 is 14.3 Å². The molecule has 2 aromatic carbocycles. The zero-order valence-electron chi connectivity index (χ0n) is 18.2. The van der Waals surface area contributed by atoms with E-state index in [9.17, 15) is 4.79 Å². The van der Waals surface area contributed by atoms with Crippen LogP contribution >= 0.6 is 0 Å². The Hall–Kier alpha value is -3.87. The number of methoxy groups -OCH3 is 1. The molecule has 0 bridgehead atoms. The van der Waals surface area contributed by atoms with Crippen LogP contribution in [0.5, 0.6) is 17.4 Å². The third kappa shape index (κ3) is 5.06. The van der Waals surface area contributed by atoms with Crippen LogP contribution in [0.4, 0.5) is 5.82 Å². The minimum atomic E-state index is 0.0175. The molecule has 164 valence electrons. The van der Waals surface area contributed by atoms with Crippen molar-refractivity contribution in [3.8, 4) is 17.4 Å². The van der Waals surface area contributed by atoms with E-state index in [2.05, 4.69) is 14.9 Å². The van der Waals surface area contributed by atoms with Gasteiger partial charge in [0.1, 0.15) is 12.1 Å². The van der Waals surface area contributed by atoms with Crippen LogP contribution in [0.2, 0.25) is 0 Å². The molecule has 1 atom stereocenters. The molecule has 1 fully saturated rings. The zero-order chi connectivity index (χ0) is 22.3. The van der Waals surface area contributed by atoms with Gasteiger partial charge < -0.3 is 19.3 Å². The highest BCUT2D eigenvalue weighted by atomic mass is 16.5. The number of anilines is 1. The molecule has 7 heteroatoms. The summed E-state index contributed by atoms with van der Waals surface area (Å²) in [5.41, 5.74) is 1.01. The monoisotopic (exact) mass is 430 g/mol. The highest BCUT2D eigenvalue weighted by Crippen LogP contribution is 2.31. The first-order valence-corrected chi connectivity index (χ1v) is 10.6. The average molecular weight is 431 g/mol. The molecule has 7 nitrogen and oxygen atoms in total. The molecule has 1 aliphatic rings. The number of benzene rings is 2. The van der Waals surface area contributed by atoms with E-state index in [1.165, 1.54) is 6.33 Å². The first kappa shape index (κ1) is 21.4. The Morgan fingerprint density at radius 2 is 1.78 bits per heavy atom. The summed E-state index contributed by atoms with van der Waals surface area (Å²) in [5, 5.41) is 0. The second-order valence-electron chi connectivity index (χ2n) is 7.54. The number of carbonyl (C=O) groups is 1. The maximum absolute atomic E-state index is 12.7. The third-order valence-corrected chi connectivity index (χ3v) is 5.36. The molecular weight excluding hydrogens is 404 g/mol. The van der Waals surface area contributed by atoms with E-state index < -0.39 is 0 Å².